The molecule has 1 aliphatic rings. The van der Waals surface area contributed by atoms with Crippen molar-refractivity contribution in [1.29, 1.82) is 0 Å². The van der Waals surface area contributed by atoms with Crippen LogP contribution in [0.5, 0.6) is 0 Å². The summed E-state index contributed by atoms with van der Waals surface area (Å²) in [6.45, 7) is 2.26. The number of aromatic nitrogens is 2. The number of aryl methyl sites for hydroxylation is 1. The lowest BCUT2D eigenvalue weighted by Crippen LogP contribution is -2.41. The van der Waals surface area contributed by atoms with E-state index in [0.29, 0.717) is 17.9 Å². The van der Waals surface area contributed by atoms with Crippen LogP contribution in [0.4, 0.5) is 11.4 Å². The lowest BCUT2D eigenvalue weighted by molar-refractivity contribution is -0.384. The Labute approximate surface area is 152 Å². The van der Waals surface area contributed by atoms with E-state index >= 15 is 0 Å². The minimum Gasteiger partial charge on any atom is -0.376 e. The van der Waals surface area contributed by atoms with E-state index < -0.39 is 22.1 Å². The van der Waals surface area contributed by atoms with Crippen LogP contribution in [0.15, 0.2) is 34.0 Å². The molecule has 0 bridgehead atoms. The second-order valence-electron chi connectivity index (χ2n) is 6.27. The molecule has 1 aliphatic heterocycles. The molecule has 27 heavy (non-hydrogen) atoms. The average Bonchev–Trinajstić information content (AvgIpc) is 3.13. The average molecular weight is 374 g/mol. The van der Waals surface area contributed by atoms with Gasteiger partial charge >= 0.3 is 5.69 Å². The van der Waals surface area contributed by atoms with E-state index in [1.807, 2.05) is 0 Å². The molecule has 1 aromatic heterocycles. The topological polar surface area (TPSA) is 136 Å². The Morgan fingerprint density at radius 1 is 1.44 bits per heavy atom. The maximum absolute atomic E-state index is 12.6. The summed E-state index contributed by atoms with van der Waals surface area (Å²) in [5, 5.41) is 13.3. The minimum atomic E-state index is -0.716. The summed E-state index contributed by atoms with van der Waals surface area (Å²) in [4.78, 5) is 49.7. The van der Waals surface area contributed by atoms with Gasteiger partial charge in [0.2, 0.25) is 0 Å². The molecule has 142 valence electrons. The number of anilines is 1. The molecule has 10 heteroatoms. The van der Waals surface area contributed by atoms with Gasteiger partial charge in [-0.05, 0) is 31.4 Å². The fraction of sp³-hybridized carbons (Fsp3) is 0.353. The molecule has 1 fully saturated rings. The quantitative estimate of drug-likeness (QED) is 0.596. The number of nitrogens with one attached hydrogen (secondary N) is 2. The molecule has 0 spiro atoms. The summed E-state index contributed by atoms with van der Waals surface area (Å²) in [5.41, 5.74) is -0.854. The Morgan fingerprint density at radius 3 is 2.85 bits per heavy atom. The summed E-state index contributed by atoms with van der Waals surface area (Å²) < 4.78 is 6.39. The van der Waals surface area contributed by atoms with E-state index in [2.05, 4.69) is 10.3 Å². The second-order valence-corrected chi connectivity index (χ2v) is 6.27. The molecule has 1 aromatic carbocycles. The number of rotatable bonds is 5. The molecular weight excluding hydrogens is 356 g/mol. The minimum absolute atomic E-state index is 0.0752. The number of benzene rings is 1. The number of aromatic amines is 1. The first-order valence-corrected chi connectivity index (χ1v) is 8.37. The van der Waals surface area contributed by atoms with Crippen molar-refractivity contribution in [1.82, 2.24) is 9.55 Å². The van der Waals surface area contributed by atoms with Crippen LogP contribution >= 0.6 is 0 Å². The van der Waals surface area contributed by atoms with E-state index in [1.165, 1.54) is 18.2 Å². The largest absolute Gasteiger partial charge is 0.376 e. The number of amides is 1. The Balaban J connectivity index is 1.85. The number of nitro groups is 1. The molecule has 0 radical (unpaired) electrons. The molecule has 3 rings (SSSR count). The second kappa shape index (κ2) is 7.54. The molecule has 1 saturated heterocycles. The predicted molar refractivity (Wildman–Crippen MR) is 96.1 cm³/mol. The lowest BCUT2D eigenvalue weighted by atomic mass is 10.1. The van der Waals surface area contributed by atoms with E-state index in [-0.39, 0.29) is 23.9 Å². The highest BCUT2D eigenvalue weighted by molar-refractivity contribution is 6.04. The number of nitrogens with zero attached hydrogens (tertiary/aromatic N) is 2. The van der Waals surface area contributed by atoms with Gasteiger partial charge in [-0.1, -0.05) is 0 Å². The molecule has 1 amide bonds. The summed E-state index contributed by atoms with van der Waals surface area (Å²) in [6.07, 6.45) is 2.42. The van der Waals surface area contributed by atoms with E-state index in [0.717, 1.165) is 23.6 Å². The van der Waals surface area contributed by atoms with Gasteiger partial charge in [-0.15, -0.1) is 0 Å². The van der Waals surface area contributed by atoms with Crippen LogP contribution in [0, 0.1) is 17.0 Å². The van der Waals surface area contributed by atoms with Crippen molar-refractivity contribution < 1.29 is 14.5 Å². The van der Waals surface area contributed by atoms with Gasteiger partial charge in [0.05, 0.1) is 17.6 Å². The SMILES string of the molecule is Cc1cc([N+](=O)[O-])ccc1NC(=O)c1c[nH]c(=O)n(CC2CCCO2)c1=O. The molecule has 2 N–H and O–H groups in total. The number of ether oxygens (including phenoxy) is 1. The molecular formula is C17H18N4O6. The van der Waals surface area contributed by atoms with Crippen LogP contribution < -0.4 is 16.6 Å². The number of carbonyl (C=O) groups excluding carboxylic acids is 1. The lowest BCUT2D eigenvalue weighted by Gasteiger charge is -2.12. The normalized spacial score (nSPS) is 16.3. The van der Waals surface area contributed by atoms with Gasteiger partial charge in [-0.2, -0.15) is 0 Å². The highest BCUT2D eigenvalue weighted by Crippen LogP contribution is 2.21. The van der Waals surface area contributed by atoms with Crippen molar-refractivity contribution in [3.05, 3.63) is 66.5 Å². The number of carbonyl (C=O) groups is 1. The summed E-state index contributed by atoms with van der Waals surface area (Å²) in [5.74, 6) is -0.714. The first-order valence-electron chi connectivity index (χ1n) is 8.37. The monoisotopic (exact) mass is 374 g/mol. The van der Waals surface area contributed by atoms with Crippen LogP contribution in [0.25, 0.3) is 0 Å². The molecule has 2 heterocycles. The van der Waals surface area contributed by atoms with Gasteiger partial charge in [0.25, 0.3) is 17.2 Å². The van der Waals surface area contributed by atoms with Gasteiger partial charge in [0.15, 0.2) is 0 Å². The fourth-order valence-corrected chi connectivity index (χ4v) is 2.92. The maximum Gasteiger partial charge on any atom is 0.328 e. The third-order valence-corrected chi connectivity index (χ3v) is 4.38. The van der Waals surface area contributed by atoms with Crippen molar-refractivity contribution in [3.8, 4) is 0 Å². The number of hydrogen-bond acceptors (Lipinski definition) is 6. The van der Waals surface area contributed by atoms with Crippen molar-refractivity contribution >= 4 is 17.3 Å². The summed E-state index contributed by atoms with van der Waals surface area (Å²) >= 11 is 0. The third-order valence-electron chi connectivity index (χ3n) is 4.38. The Hall–Kier alpha value is -3.27. The van der Waals surface area contributed by atoms with Gasteiger partial charge < -0.3 is 15.0 Å². The zero-order valence-electron chi connectivity index (χ0n) is 14.6. The molecule has 0 saturated carbocycles. The first kappa shape index (κ1) is 18.5. The van der Waals surface area contributed by atoms with Crippen LogP contribution in [0.3, 0.4) is 0 Å². The van der Waals surface area contributed by atoms with Gasteiger partial charge in [0.1, 0.15) is 5.56 Å². The van der Waals surface area contributed by atoms with Crippen molar-refractivity contribution in [2.45, 2.75) is 32.4 Å². The molecule has 1 atom stereocenters. The Morgan fingerprint density at radius 2 is 2.22 bits per heavy atom. The van der Waals surface area contributed by atoms with E-state index in [1.54, 1.807) is 6.92 Å². The number of nitro benzene ring substituents is 1. The van der Waals surface area contributed by atoms with E-state index in [4.69, 9.17) is 4.74 Å². The molecule has 0 aliphatic carbocycles. The van der Waals surface area contributed by atoms with Crippen molar-refractivity contribution in [2.24, 2.45) is 0 Å². The van der Waals surface area contributed by atoms with E-state index in [9.17, 15) is 24.5 Å². The Kier molecular flexibility index (Phi) is 5.17. The maximum atomic E-state index is 12.6. The summed E-state index contributed by atoms with van der Waals surface area (Å²) in [7, 11) is 0. The van der Waals surface area contributed by atoms with Crippen molar-refractivity contribution in [2.75, 3.05) is 11.9 Å². The zero-order chi connectivity index (χ0) is 19.6. The fourth-order valence-electron chi connectivity index (χ4n) is 2.92. The highest BCUT2D eigenvalue weighted by Gasteiger charge is 2.21. The number of H-pyrrole nitrogens is 1. The molecule has 2 aromatic rings. The number of hydrogen-bond donors (Lipinski definition) is 2. The van der Waals surface area contributed by atoms with Crippen LogP contribution in [-0.4, -0.2) is 33.1 Å². The predicted octanol–water partition coefficient (Wildman–Crippen LogP) is 1.18. The first-order chi connectivity index (χ1) is 12.9. The third kappa shape index (κ3) is 3.95. The highest BCUT2D eigenvalue weighted by atomic mass is 16.6. The smallest absolute Gasteiger partial charge is 0.328 e. The standard InChI is InChI=1S/C17H18N4O6/c1-10-7-11(21(25)26)4-5-14(10)19-15(22)13-8-18-17(24)20(16(13)23)9-12-3-2-6-27-12/h4-5,7-8,12H,2-3,6,9H2,1H3,(H,18,24)(H,19,22). The van der Waals surface area contributed by atoms with Gasteiger partial charge in [-0.3, -0.25) is 24.3 Å². The zero-order valence-corrected chi connectivity index (χ0v) is 14.6. The van der Waals surface area contributed by atoms with Gasteiger partial charge in [-0.25, -0.2) is 4.79 Å². The Bertz CT molecular complexity index is 1000. The molecule has 1 unspecified atom stereocenters. The molecule has 10 nitrogen and oxygen atoms in total. The van der Waals surface area contributed by atoms with Crippen LogP contribution in [0.2, 0.25) is 0 Å². The summed E-state index contributed by atoms with van der Waals surface area (Å²) in [6, 6.07) is 3.96. The van der Waals surface area contributed by atoms with Crippen LogP contribution in [-0.2, 0) is 11.3 Å². The number of non-ortho nitro benzene ring substituents is 1. The van der Waals surface area contributed by atoms with Crippen molar-refractivity contribution in [3.63, 3.8) is 0 Å². The van der Waals surface area contributed by atoms with Crippen LogP contribution in [0.1, 0.15) is 28.8 Å². The van der Waals surface area contributed by atoms with Gasteiger partial charge in [0, 0.05) is 30.6 Å².